The molecule has 1 amide bonds. The van der Waals surface area contributed by atoms with Crippen molar-refractivity contribution in [3.63, 3.8) is 0 Å². The third-order valence-electron chi connectivity index (χ3n) is 5.32. The molecule has 1 aliphatic rings. The molecule has 0 atom stereocenters. The number of hydrogen-bond acceptors (Lipinski definition) is 5. The van der Waals surface area contributed by atoms with E-state index in [2.05, 4.69) is 15.3 Å². The first kappa shape index (κ1) is 19.8. The average molecular weight is 405 g/mol. The lowest BCUT2D eigenvalue weighted by atomic mass is 10.1. The molecule has 0 unspecified atom stereocenters. The van der Waals surface area contributed by atoms with Crippen molar-refractivity contribution in [3.8, 4) is 0 Å². The first-order valence-electron chi connectivity index (χ1n) is 9.93. The summed E-state index contributed by atoms with van der Waals surface area (Å²) in [4.78, 5) is 25.4. The van der Waals surface area contributed by atoms with Gasteiger partial charge in [-0.25, -0.2) is 14.4 Å². The number of hydrogen-bond donors (Lipinski definition) is 1. The fraction of sp³-hybridized carbons (Fsp3) is 0.261. The third kappa shape index (κ3) is 3.96. The van der Waals surface area contributed by atoms with Gasteiger partial charge in [0.25, 0.3) is 0 Å². The van der Waals surface area contributed by atoms with Crippen molar-refractivity contribution < 1.29 is 9.18 Å². The van der Waals surface area contributed by atoms with Crippen LogP contribution in [0.3, 0.4) is 0 Å². The molecule has 6 nitrogen and oxygen atoms in total. The van der Waals surface area contributed by atoms with Crippen LogP contribution in [0.1, 0.15) is 16.7 Å². The highest BCUT2D eigenvalue weighted by Crippen LogP contribution is 2.31. The zero-order valence-electron chi connectivity index (χ0n) is 17.1. The fourth-order valence-electron chi connectivity index (χ4n) is 3.74. The van der Waals surface area contributed by atoms with Crippen LogP contribution >= 0.6 is 0 Å². The lowest BCUT2D eigenvalue weighted by Crippen LogP contribution is -2.36. The summed E-state index contributed by atoms with van der Waals surface area (Å²) < 4.78 is 13.9. The van der Waals surface area contributed by atoms with Gasteiger partial charge in [-0.3, -0.25) is 4.79 Å². The number of amides is 1. The van der Waals surface area contributed by atoms with Crippen LogP contribution < -0.4 is 15.1 Å². The smallest absolute Gasteiger partial charge is 0.246 e. The SMILES string of the molecule is Cc1ccccc1N1Cc2c(NCCc3ccccc3F)ncnc2N(C)CC1=O. The minimum absolute atomic E-state index is 0.00195. The van der Waals surface area contributed by atoms with Gasteiger partial charge in [0.05, 0.1) is 18.7 Å². The molecular weight excluding hydrogens is 381 g/mol. The summed E-state index contributed by atoms with van der Waals surface area (Å²) >= 11 is 0. The van der Waals surface area contributed by atoms with E-state index >= 15 is 0 Å². The molecule has 2 aromatic carbocycles. The quantitative estimate of drug-likeness (QED) is 0.703. The van der Waals surface area contributed by atoms with Gasteiger partial charge in [0.15, 0.2) is 0 Å². The number of benzene rings is 2. The molecule has 154 valence electrons. The highest BCUT2D eigenvalue weighted by Gasteiger charge is 2.28. The standard InChI is InChI=1S/C23H24FN5O/c1-16-7-3-6-10-20(16)29-13-18-22(25-12-11-17-8-4-5-9-19(17)24)26-15-27-23(18)28(2)14-21(29)30/h3-10,15H,11-14H2,1-2H3,(H,25,26,27). The Bertz CT molecular complexity index is 1070. The molecule has 0 saturated heterocycles. The molecule has 30 heavy (non-hydrogen) atoms. The number of nitrogens with zero attached hydrogens (tertiary/aromatic N) is 4. The maximum atomic E-state index is 13.9. The molecule has 4 rings (SSSR count). The van der Waals surface area contributed by atoms with Crippen LogP contribution in [0, 0.1) is 12.7 Å². The lowest BCUT2D eigenvalue weighted by Gasteiger charge is -2.23. The van der Waals surface area contributed by atoms with E-state index in [4.69, 9.17) is 0 Å². The molecular formula is C23H24FN5O. The number of halogens is 1. The molecule has 0 spiro atoms. The Morgan fingerprint density at radius 2 is 1.83 bits per heavy atom. The Kier molecular flexibility index (Phi) is 5.61. The van der Waals surface area contributed by atoms with Crippen molar-refractivity contribution in [3.05, 3.63) is 77.4 Å². The van der Waals surface area contributed by atoms with Crippen molar-refractivity contribution in [2.24, 2.45) is 0 Å². The first-order chi connectivity index (χ1) is 14.5. The van der Waals surface area contributed by atoms with Crippen molar-refractivity contribution in [1.29, 1.82) is 0 Å². The molecule has 0 radical (unpaired) electrons. The predicted molar refractivity (Wildman–Crippen MR) is 116 cm³/mol. The zero-order valence-corrected chi connectivity index (χ0v) is 17.1. The van der Waals surface area contributed by atoms with E-state index in [0.29, 0.717) is 30.9 Å². The summed E-state index contributed by atoms with van der Waals surface area (Å²) in [5.74, 6) is 1.18. The summed E-state index contributed by atoms with van der Waals surface area (Å²) in [6.07, 6.45) is 2.02. The third-order valence-corrected chi connectivity index (χ3v) is 5.32. The topological polar surface area (TPSA) is 61.4 Å². The molecule has 2 heterocycles. The second kappa shape index (κ2) is 8.49. The molecule has 1 N–H and O–H groups in total. The summed E-state index contributed by atoms with van der Waals surface area (Å²) in [6.45, 7) is 3.11. The number of carbonyl (C=O) groups is 1. The van der Waals surface area contributed by atoms with Crippen LogP contribution in [0.2, 0.25) is 0 Å². The number of rotatable bonds is 5. The van der Waals surface area contributed by atoms with Gasteiger partial charge in [-0.1, -0.05) is 36.4 Å². The Hall–Kier alpha value is -3.48. The average Bonchev–Trinajstić information content (AvgIpc) is 2.86. The second-order valence-electron chi connectivity index (χ2n) is 7.42. The van der Waals surface area contributed by atoms with Crippen LogP contribution in [0.4, 0.5) is 21.7 Å². The van der Waals surface area contributed by atoms with E-state index in [9.17, 15) is 9.18 Å². The molecule has 0 aliphatic carbocycles. The summed E-state index contributed by atoms with van der Waals surface area (Å²) in [6, 6.07) is 14.6. The largest absolute Gasteiger partial charge is 0.369 e. The highest BCUT2D eigenvalue weighted by molar-refractivity contribution is 5.98. The predicted octanol–water partition coefficient (Wildman–Crippen LogP) is 3.56. The normalized spacial score (nSPS) is 13.8. The van der Waals surface area contributed by atoms with Crippen molar-refractivity contribution in [2.75, 3.05) is 35.3 Å². The van der Waals surface area contributed by atoms with Gasteiger partial charge < -0.3 is 15.1 Å². The highest BCUT2D eigenvalue weighted by atomic mass is 19.1. The number of aryl methyl sites for hydroxylation is 1. The molecule has 7 heteroatoms. The van der Waals surface area contributed by atoms with Crippen molar-refractivity contribution >= 4 is 23.2 Å². The molecule has 0 bridgehead atoms. The van der Waals surface area contributed by atoms with E-state index in [-0.39, 0.29) is 18.3 Å². The Labute approximate surface area is 175 Å². The second-order valence-corrected chi connectivity index (χ2v) is 7.42. The van der Waals surface area contributed by atoms with Gasteiger partial charge >= 0.3 is 0 Å². The van der Waals surface area contributed by atoms with Crippen LogP contribution in [0.15, 0.2) is 54.9 Å². The first-order valence-corrected chi connectivity index (χ1v) is 9.93. The fourth-order valence-corrected chi connectivity index (χ4v) is 3.74. The van der Waals surface area contributed by atoms with Crippen LogP contribution in [0.25, 0.3) is 0 Å². The van der Waals surface area contributed by atoms with Crippen LogP contribution in [0.5, 0.6) is 0 Å². The van der Waals surface area contributed by atoms with E-state index in [0.717, 1.165) is 22.6 Å². The number of aromatic nitrogens is 2. The minimum atomic E-state index is -0.211. The van der Waals surface area contributed by atoms with E-state index in [1.165, 1.54) is 12.4 Å². The van der Waals surface area contributed by atoms with Crippen LogP contribution in [-0.2, 0) is 17.8 Å². The molecule has 1 aliphatic heterocycles. The number of likely N-dealkylation sites (N-methyl/N-ethyl adjacent to an activating group) is 1. The Morgan fingerprint density at radius 1 is 1.07 bits per heavy atom. The minimum Gasteiger partial charge on any atom is -0.369 e. The number of anilines is 3. The summed E-state index contributed by atoms with van der Waals surface area (Å²) in [7, 11) is 1.86. The van der Waals surface area contributed by atoms with Gasteiger partial charge in [-0.15, -0.1) is 0 Å². The molecule has 3 aromatic rings. The number of nitrogens with one attached hydrogen (secondary N) is 1. The summed E-state index contributed by atoms with van der Waals surface area (Å²) in [5.41, 5.74) is 3.41. The zero-order chi connectivity index (χ0) is 21.1. The van der Waals surface area contributed by atoms with Crippen molar-refractivity contribution in [2.45, 2.75) is 19.9 Å². The maximum absolute atomic E-state index is 13.9. The van der Waals surface area contributed by atoms with Gasteiger partial charge in [-0.2, -0.15) is 0 Å². The van der Waals surface area contributed by atoms with E-state index in [1.54, 1.807) is 17.0 Å². The number of para-hydroxylation sites is 1. The molecule has 0 saturated carbocycles. The van der Waals surface area contributed by atoms with Gasteiger partial charge in [0, 0.05) is 19.3 Å². The lowest BCUT2D eigenvalue weighted by molar-refractivity contribution is -0.117. The van der Waals surface area contributed by atoms with Crippen molar-refractivity contribution in [1.82, 2.24) is 9.97 Å². The van der Waals surface area contributed by atoms with Crippen LogP contribution in [-0.4, -0.2) is 36.0 Å². The molecule has 1 aromatic heterocycles. The maximum Gasteiger partial charge on any atom is 0.246 e. The Balaban J connectivity index is 1.61. The Morgan fingerprint density at radius 3 is 2.63 bits per heavy atom. The summed E-state index contributed by atoms with van der Waals surface area (Å²) in [5, 5.41) is 3.32. The van der Waals surface area contributed by atoms with Gasteiger partial charge in [0.1, 0.15) is 23.8 Å². The molecule has 0 fully saturated rings. The monoisotopic (exact) mass is 405 g/mol. The van der Waals surface area contributed by atoms with Gasteiger partial charge in [0.2, 0.25) is 5.91 Å². The van der Waals surface area contributed by atoms with E-state index < -0.39 is 0 Å². The van der Waals surface area contributed by atoms with E-state index in [1.807, 2.05) is 49.2 Å². The number of carbonyl (C=O) groups excluding carboxylic acids is 1. The van der Waals surface area contributed by atoms with Gasteiger partial charge in [-0.05, 0) is 36.6 Å². The number of fused-ring (bicyclic) bond motifs is 1.